The Kier molecular flexibility index (Phi) is 3.38. The van der Waals surface area contributed by atoms with Crippen LogP contribution in [0.1, 0.15) is 27.3 Å². The van der Waals surface area contributed by atoms with Crippen molar-refractivity contribution in [3.8, 4) is 0 Å². The van der Waals surface area contributed by atoms with Gasteiger partial charge < -0.3 is 4.90 Å². The van der Waals surface area contributed by atoms with E-state index < -0.39 is 0 Å². The minimum absolute atomic E-state index is 0.0794. The first kappa shape index (κ1) is 13.4. The van der Waals surface area contributed by atoms with E-state index in [0.717, 1.165) is 34.4 Å². The van der Waals surface area contributed by atoms with E-state index in [-0.39, 0.29) is 5.91 Å². The summed E-state index contributed by atoms with van der Waals surface area (Å²) in [6, 6.07) is 7.54. The van der Waals surface area contributed by atoms with Crippen LogP contribution in [0, 0.1) is 6.92 Å². The van der Waals surface area contributed by atoms with Crippen LogP contribution < -0.4 is 0 Å². The van der Waals surface area contributed by atoms with E-state index in [1.807, 2.05) is 47.8 Å². The summed E-state index contributed by atoms with van der Waals surface area (Å²) in [5, 5.41) is 4.44. The van der Waals surface area contributed by atoms with Crippen molar-refractivity contribution >= 4 is 21.8 Å². The van der Waals surface area contributed by atoms with Gasteiger partial charge in [0.05, 0.1) is 17.9 Å². The van der Waals surface area contributed by atoms with Gasteiger partial charge in [0.25, 0.3) is 5.91 Å². The minimum atomic E-state index is 0.0794. The molecule has 0 N–H and O–H groups in total. The van der Waals surface area contributed by atoms with E-state index in [1.54, 1.807) is 0 Å². The molecule has 4 nitrogen and oxygen atoms in total. The fourth-order valence-electron chi connectivity index (χ4n) is 2.76. The molecule has 0 saturated carbocycles. The highest BCUT2D eigenvalue weighted by Crippen LogP contribution is 2.23. The number of carbonyl (C=O) groups excluding carboxylic acids is 1. The molecule has 0 atom stereocenters. The number of fused-ring (bicyclic) bond motifs is 1. The Balaban J connectivity index is 1.87. The maximum absolute atomic E-state index is 12.6. The van der Waals surface area contributed by atoms with Crippen LogP contribution in [0.5, 0.6) is 0 Å². The van der Waals surface area contributed by atoms with Crippen molar-refractivity contribution in [1.82, 2.24) is 14.7 Å². The third-order valence-corrected chi connectivity index (χ3v) is 4.30. The second-order valence-electron chi connectivity index (χ2n) is 5.12. The van der Waals surface area contributed by atoms with Crippen molar-refractivity contribution in [2.45, 2.75) is 19.9 Å². The quantitative estimate of drug-likeness (QED) is 0.804. The van der Waals surface area contributed by atoms with E-state index in [2.05, 4.69) is 21.0 Å². The molecular weight excluding hydrogens is 318 g/mol. The lowest BCUT2D eigenvalue weighted by molar-refractivity contribution is 0.0730. The second-order valence-corrected chi connectivity index (χ2v) is 6.04. The summed E-state index contributed by atoms with van der Waals surface area (Å²) in [4.78, 5) is 14.4. The predicted octanol–water partition coefficient (Wildman–Crippen LogP) is 2.69. The van der Waals surface area contributed by atoms with Gasteiger partial charge in [-0.15, -0.1) is 0 Å². The molecule has 1 aliphatic rings. The molecule has 0 bridgehead atoms. The van der Waals surface area contributed by atoms with Crippen molar-refractivity contribution in [2.75, 3.05) is 6.54 Å². The number of carbonyl (C=O) groups is 1. The first-order valence-corrected chi connectivity index (χ1v) is 7.42. The van der Waals surface area contributed by atoms with Crippen LogP contribution in [0.15, 0.2) is 28.7 Å². The van der Waals surface area contributed by atoms with E-state index in [1.165, 1.54) is 5.56 Å². The van der Waals surface area contributed by atoms with Gasteiger partial charge in [0.15, 0.2) is 0 Å². The van der Waals surface area contributed by atoms with Crippen LogP contribution in [-0.2, 0) is 20.0 Å². The zero-order valence-corrected chi connectivity index (χ0v) is 13.1. The van der Waals surface area contributed by atoms with Crippen LogP contribution in [0.4, 0.5) is 0 Å². The van der Waals surface area contributed by atoms with E-state index >= 15 is 0 Å². The molecule has 2 aromatic rings. The van der Waals surface area contributed by atoms with Gasteiger partial charge in [-0.3, -0.25) is 9.48 Å². The predicted molar refractivity (Wildman–Crippen MR) is 80.5 cm³/mol. The largest absolute Gasteiger partial charge is 0.332 e. The second kappa shape index (κ2) is 5.05. The van der Waals surface area contributed by atoms with Gasteiger partial charge in [-0.05, 0) is 37.1 Å². The highest BCUT2D eigenvalue weighted by Gasteiger charge is 2.25. The topological polar surface area (TPSA) is 38.1 Å². The molecule has 0 unspecified atom stereocenters. The van der Waals surface area contributed by atoms with Crippen LogP contribution >= 0.6 is 15.9 Å². The van der Waals surface area contributed by atoms with E-state index in [0.29, 0.717) is 6.54 Å². The van der Waals surface area contributed by atoms with Crippen molar-refractivity contribution in [3.05, 3.63) is 51.3 Å². The Hall–Kier alpha value is -1.62. The van der Waals surface area contributed by atoms with Crippen molar-refractivity contribution in [3.63, 3.8) is 0 Å². The molecule has 5 heteroatoms. The number of hydrogen-bond acceptors (Lipinski definition) is 2. The maximum Gasteiger partial charge on any atom is 0.254 e. The summed E-state index contributed by atoms with van der Waals surface area (Å²) in [6.45, 7) is 3.42. The third kappa shape index (κ3) is 2.26. The van der Waals surface area contributed by atoms with Crippen molar-refractivity contribution < 1.29 is 4.79 Å². The summed E-state index contributed by atoms with van der Waals surface area (Å²) in [6.07, 6.45) is 0.884. The first-order chi connectivity index (χ1) is 9.56. The van der Waals surface area contributed by atoms with Crippen LogP contribution in [0.25, 0.3) is 0 Å². The zero-order valence-electron chi connectivity index (χ0n) is 11.6. The van der Waals surface area contributed by atoms with E-state index in [9.17, 15) is 4.79 Å². The first-order valence-electron chi connectivity index (χ1n) is 6.62. The fourth-order valence-corrected chi connectivity index (χ4v) is 3.16. The van der Waals surface area contributed by atoms with Crippen LogP contribution in [-0.4, -0.2) is 27.1 Å². The summed E-state index contributed by atoms with van der Waals surface area (Å²) >= 11 is 3.41. The lowest BCUT2D eigenvalue weighted by atomic mass is 10.0. The van der Waals surface area contributed by atoms with Gasteiger partial charge in [-0.2, -0.15) is 5.10 Å². The Bertz CT molecular complexity index is 678. The van der Waals surface area contributed by atoms with Crippen molar-refractivity contribution in [2.24, 2.45) is 7.05 Å². The summed E-state index contributed by atoms with van der Waals surface area (Å²) < 4.78 is 2.82. The van der Waals surface area contributed by atoms with Crippen LogP contribution in [0.2, 0.25) is 0 Å². The maximum atomic E-state index is 12.6. The Morgan fingerprint density at radius 3 is 2.95 bits per heavy atom. The molecule has 1 aliphatic heterocycles. The number of amides is 1. The molecular formula is C15H16BrN3O. The third-order valence-electron chi connectivity index (χ3n) is 3.81. The van der Waals surface area contributed by atoms with Gasteiger partial charge >= 0.3 is 0 Å². The lowest BCUT2D eigenvalue weighted by Crippen LogP contribution is -2.36. The standard InChI is InChI=1S/C15H16BrN3O/c1-10-13-6-7-19(9-14(13)18(2)17-10)15(20)11-4-3-5-12(16)8-11/h3-5,8H,6-7,9H2,1-2H3. The molecule has 20 heavy (non-hydrogen) atoms. The number of benzene rings is 1. The number of halogens is 1. The van der Waals surface area contributed by atoms with Crippen molar-refractivity contribution in [1.29, 1.82) is 0 Å². The van der Waals surface area contributed by atoms with Gasteiger partial charge in [0.2, 0.25) is 0 Å². The smallest absolute Gasteiger partial charge is 0.254 e. The number of rotatable bonds is 1. The molecule has 0 radical (unpaired) electrons. The average Bonchev–Trinajstić information content (AvgIpc) is 2.73. The highest BCUT2D eigenvalue weighted by atomic mass is 79.9. The molecule has 3 rings (SSSR count). The highest BCUT2D eigenvalue weighted by molar-refractivity contribution is 9.10. The Labute approximate surface area is 126 Å². The molecule has 0 fully saturated rings. The molecule has 1 amide bonds. The zero-order chi connectivity index (χ0) is 14.3. The number of hydrogen-bond donors (Lipinski definition) is 0. The fraction of sp³-hybridized carbons (Fsp3) is 0.333. The molecule has 1 aromatic heterocycles. The molecule has 0 spiro atoms. The van der Waals surface area contributed by atoms with Gasteiger partial charge in [0.1, 0.15) is 0 Å². The minimum Gasteiger partial charge on any atom is -0.332 e. The Morgan fingerprint density at radius 1 is 1.40 bits per heavy atom. The summed E-state index contributed by atoms with van der Waals surface area (Å²) in [7, 11) is 1.94. The number of aromatic nitrogens is 2. The van der Waals surface area contributed by atoms with E-state index in [4.69, 9.17) is 0 Å². The summed E-state index contributed by atoms with van der Waals surface area (Å²) in [5.74, 6) is 0.0794. The van der Waals surface area contributed by atoms with Crippen LogP contribution in [0.3, 0.4) is 0 Å². The number of nitrogens with zero attached hydrogens (tertiary/aromatic N) is 3. The normalized spacial score (nSPS) is 14.2. The van der Waals surface area contributed by atoms with Gasteiger partial charge in [-0.25, -0.2) is 0 Å². The molecule has 0 saturated heterocycles. The molecule has 1 aromatic carbocycles. The Morgan fingerprint density at radius 2 is 2.20 bits per heavy atom. The molecule has 2 heterocycles. The number of aryl methyl sites for hydroxylation is 2. The molecule has 104 valence electrons. The average molecular weight is 334 g/mol. The molecule has 0 aliphatic carbocycles. The summed E-state index contributed by atoms with van der Waals surface area (Å²) in [5.41, 5.74) is 4.25. The lowest BCUT2D eigenvalue weighted by Gasteiger charge is -2.27. The monoisotopic (exact) mass is 333 g/mol. The SMILES string of the molecule is Cc1nn(C)c2c1CCN(C(=O)c1cccc(Br)c1)C2. The van der Waals surface area contributed by atoms with Gasteiger partial charge in [0, 0.05) is 23.6 Å². The van der Waals surface area contributed by atoms with Gasteiger partial charge in [-0.1, -0.05) is 22.0 Å².